The van der Waals surface area contributed by atoms with Gasteiger partial charge in [0.25, 0.3) is 0 Å². The van der Waals surface area contributed by atoms with E-state index in [0.717, 1.165) is 11.5 Å². The van der Waals surface area contributed by atoms with Crippen LogP contribution in [-0.4, -0.2) is 33.0 Å². The van der Waals surface area contributed by atoms with Crippen LogP contribution in [0.5, 0.6) is 11.5 Å². The van der Waals surface area contributed by atoms with E-state index in [1.54, 1.807) is 6.08 Å². The van der Waals surface area contributed by atoms with Gasteiger partial charge >= 0.3 is 0 Å². The normalized spacial score (nSPS) is 11.6. The van der Waals surface area contributed by atoms with Crippen LogP contribution in [0.4, 0.5) is 5.69 Å². The Kier molecular flexibility index (Phi) is 8.33. The average Bonchev–Trinajstić information content (AvgIpc) is 3.18. The Hall–Kier alpha value is -3.26. The molecule has 0 aliphatic carbocycles. The molecule has 0 saturated heterocycles. The second kappa shape index (κ2) is 11.4. The third-order valence-electron chi connectivity index (χ3n) is 4.54. The molecular weight excluding hydrogens is 424 g/mol. The summed E-state index contributed by atoms with van der Waals surface area (Å²) < 4.78 is 13.4. The molecule has 0 fully saturated rings. The van der Waals surface area contributed by atoms with Crippen molar-refractivity contribution in [3.63, 3.8) is 0 Å². The van der Waals surface area contributed by atoms with Crippen LogP contribution >= 0.6 is 11.8 Å². The lowest BCUT2D eigenvalue weighted by atomic mass is 10.2. The predicted molar refractivity (Wildman–Crippen MR) is 127 cm³/mol. The van der Waals surface area contributed by atoms with Gasteiger partial charge in [-0.3, -0.25) is 9.36 Å². The van der Waals surface area contributed by atoms with Gasteiger partial charge in [-0.2, -0.15) is 0 Å². The number of allylic oxidation sites excluding steroid dienone is 1. The largest absolute Gasteiger partial charge is 0.494 e. The zero-order valence-electron chi connectivity index (χ0n) is 18.6. The van der Waals surface area contributed by atoms with E-state index in [1.165, 1.54) is 17.3 Å². The maximum Gasteiger partial charge on any atom is 0.234 e. The minimum Gasteiger partial charge on any atom is -0.494 e. The number of carbonyl (C=O) groups excluding carboxylic acids is 1. The van der Waals surface area contributed by atoms with Gasteiger partial charge in [0.05, 0.1) is 12.4 Å². The summed E-state index contributed by atoms with van der Waals surface area (Å²) in [6.45, 7) is 10.8. The van der Waals surface area contributed by atoms with Crippen LogP contribution in [0, 0.1) is 6.92 Å². The number of carbonyl (C=O) groups is 1. The second-order valence-electron chi connectivity index (χ2n) is 7.11. The molecule has 0 aliphatic heterocycles. The van der Waals surface area contributed by atoms with Crippen molar-refractivity contribution in [2.45, 2.75) is 38.6 Å². The fraction of sp³-hybridized carbons (Fsp3) is 0.292. The quantitative estimate of drug-likeness (QED) is 0.324. The molecule has 2 aromatic carbocycles. The predicted octanol–water partition coefficient (Wildman–Crippen LogP) is 5.04. The van der Waals surface area contributed by atoms with Gasteiger partial charge in [-0.15, -0.1) is 16.8 Å². The van der Waals surface area contributed by atoms with E-state index < -0.39 is 0 Å². The Morgan fingerprint density at radius 3 is 2.50 bits per heavy atom. The van der Waals surface area contributed by atoms with Crippen LogP contribution in [0.1, 0.15) is 31.3 Å². The lowest BCUT2D eigenvalue weighted by Crippen LogP contribution is -2.15. The molecule has 32 heavy (non-hydrogen) atoms. The lowest BCUT2D eigenvalue weighted by molar-refractivity contribution is -0.113. The fourth-order valence-electron chi connectivity index (χ4n) is 3.01. The molecule has 1 amide bonds. The van der Waals surface area contributed by atoms with Crippen molar-refractivity contribution in [3.05, 3.63) is 72.6 Å². The molecule has 0 aliphatic rings. The summed E-state index contributed by atoms with van der Waals surface area (Å²) in [5.74, 6) is 2.29. The number of nitrogens with zero attached hydrogens (tertiary/aromatic N) is 3. The average molecular weight is 453 g/mol. The molecule has 3 rings (SSSR count). The highest BCUT2D eigenvalue weighted by molar-refractivity contribution is 7.99. The molecule has 8 heteroatoms. The molecule has 0 spiro atoms. The zero-order chi connectivity index (χ0) is 22.9. The fourth-order valence-corrected chi connectivity index (χ4v) is 3.77. The van der Waals surface area contributed by atoms with E-state index >= 15 is 0 Å². The molecule has 0 saturated carbocycles. The highest BCUT2D eigenvalue weighted by Gasteiger charge is 2.20. The van der Waals surface area contributed by atoms with Crippen LogP contribution in [0.3, 0.4) is 0 Å². The van der Waals surface area contributed by atoms with Gasteiger partial charge in [0.15, 0.2) is 17.1 Å². The van der Waals surface area contributed by atoms with Crippen LogP contribution in [-0.2, 0) is 11.3 Å². The smallest absolute Gasteiger partial charge is 0.234 e. The number of benzene rings is 2. The lowest BCUT2D eigenvalue weighted by Gasteiger charge is -2.16. The summed E-state index contributed by atoms with van der Waals surface area (Å²) in [7, 11) is 0. The molecule has 1 atom stereocenters. The van der Waals surface area contributed by atoms with Gasteiger partial charge in [0.1, 0.15) is 11.5 Å². The first-order chi connectivity index (χ1) is 15.5. The number of nitrogens with one attached hydrogen (secondary N) is 1. The van der Waals surface area contributed by atoms with Crippen molar-refractivity contribution in [2.24, 2.45) is 0 Å². The Balaban J connectivity index is 1.62. The van der Waals surface area contributed by atoms with Gasteiger partial charge in [-0.25, -0.2) is 0 Å². The number of aromatic nitrogens is 3. The Bertz CT molecular complexity index is 1030. The van der Waals surface area contributed by atoms with E-state index in [9.17, 15) is 4.79 Å². The van der Waals surface area contributed by atoms with Crippen LogP contribution in [0.2, 0.25) is 0 Å². The van der Waals surface area contributed by atoms with E-state index in [1.807, 2.05) is 73.9 Å². The minimum absolute atomic E-state index is 0.127. The molecule has 1 N–H and O–H groups in total. The van der Waals surface area contributed by atoms with Crippen molar-refractivity contribution < 1.29 is 14.3 Å². The summed E-state index contributed by atoms with van der Waals surface area (Å²) in [6.07, 6.45) is 1.47. The molecule has 0 bridgehead atoms. The molecule has 168 valence electrons. The summed E-state index contributed by atoms with van der Waals surface area (Å²) in [6, 6.07) is 15.2. The third-order valence-corrected chi connectivity index (χ3v) is 5.50. The van der Waals surface area contributed by atoms with Gasteiger partial charge in [-0.1, -0.05) is 35.5 Å². The summed E-state index contributed by atoms with van der Waals surface area (Å²) in [5.41, 5.74) is 1.88. The van der Waals surface area contributed by atoms with Crippen LogP contribution in [0.25, 0.3) is 0 Å². The minimum atomic E-state index is -0.308. The first kappa shape index (κ1) is 23.4. The molecule has 1 heterocycles. The SMILES string of the molecule is C=CCn1c(SCC(=O)Nc2ccc(OCC)cc2)nnc1C(C)Oc1ccc(C)cc1. The van der Waals surface area contributed by atoms with E-state index in [0.29, 0.717) is 29.8 Å². The summed E-state index contributed by atoms with van der Waals surface area (Å²) in [4.78, 5) is 12.4. The monoisotopic (exact) mass is 452 g/mol. The zero-order valence-corrected chi connectivity index (χ0v) is 19.4. The number of rotatable bonds is 11. The highest BCUT2D eigenvalue weighted by atomic mass is 32.2. The van der Waals surface area contributed by atoms with Crippen molar-refractivity contribution in [3.8, 4) is 11.5 Å². The molecule has 1 aromatic heterocycles. The van der Waals surface area contributed by atoms with Crippen molar-refractivity contribution in [2.75, 3.05) is 17.7 Å². The number of anilines is 1. The van der Waals surface area contributed by atoms with Gasteiger partial charge in [0.2, 0.25) is 5.91 Å². The molecule has 7 nitrogen and oxygen atoms in total. The number of hydrogen-bond donors (Lipinski definition) is 1. The highest BCUT2D eigenvalue weighted by Crippen LogP contribution is 2.25. The molecule has 1 unspecified atom stereocenters. The van der Waals surface area contributed by atoms with E-state index in [4.69, 9.17) is 9.47 Å². The number of aryl methyl sites for hydroxylation is 1. The Morgan fingerprint density at radius 1 is 1.16 bits per heavy atom. The van der Waals surface area contributed by atoms with Crippen LogP contribution < -0.4 is 14.8 Å². The van der Waals surface area contributed by atoms with Gasteiger partial charge in [0, 0.05) is 12.2 Å². The van der Waals surface area contributed by atoms with E-state index in [2.05, 4.69) is 22.1 Å². The van der Waals surface area contributed by atoms with Crippen molar-refractivity contribution in [1.82, 2.24) is 14.8 Å². The number of ether oxygens (including phenoxy) is 2. The Labute approximate surface area is 192 Å². The number of amides is 1. The van der Waals surface area contributed by atoms with E-state index in [-0.39, 0.29) is 17.8 Å². The number of hydrogen-bond acceptors (Lipinski definition) is 6. The molecule has 3 aromatic rings. The Morgan fingerprint density at radius 2 is 1.84 bits per heavy atom. The molecular formula is C24H28N4O3S. The third kappa shape index (κ3) is 6.37. The standard InChI is InChI=1S/C24H28N4O3S/c1-5-15-28-23(18(4)31-21-11-7-17(3)8-12-21)26-27-24(28)32-16-22(29)25-19-9-13-20(14-10-19)30-6-2/h5,7-14,18H,1,6,15-16H2,2-4H3,(H,25,29). The first-order valence-electron chi connectivity index (χ1n) is 10.4. The second-order valence-corrected chi connectivity index (χ2v) is 8.05. The van der Waals surface area contributed by atoms with Crippen LogP contribution in [0.15, 0.2) is 66.3 Å². The van der Waals surface area contributed by atoms with Crippen molar-refractivity contribution in [1.29, 1.82) is 0 Å². The first-order valence-corrected chi connectivity index (χ1v) is 11.4. The maximum atomic E-state index is 12.4. The maximum absolute atomic E-state index is 12.4. The summed E-state index contributed by atoms with van der Waals surface area (Å²) in [5, 5.41) is 12.1. The van der Waals surface area contributed by atoms with Crippen molar-refractivity contribution >= 4 is 23.4 Å². The summed E-state index contributed by atoms with van der Waals surface area (Å²) >= 11 is 1.32. The molecule has 0 radical (unpaired) electrons. The number of thioether (sulfide) groups is 1. The van der Waals surface area contributed by atoms with Gasteiger partial charge < -0.3 is 14.8 Å². The van der Waals surface area contributed by atoms with Gasteiger partial charge in [-0.05, 0) is 57.2 Å². The topological polar surface area (TPSA) is 78.3 Å².